The molecule has 2 aromatic rings. The van der Waals surface area contributed by atoms with Crippen molar-refractivity contribution < 1.29 is 8.83 Å². The van der Waals surface area contributed by atoms with Crippen LogP contribution in [0.4, 0.5) is 0 Å². The van der Waals surface area contributed by atoms with Crippen molar-refractivity contribution >= 4 is 0 Å². The zero-order chi connectivity index (χ0) is 12.5. The minimum Gasteiger partial charge on any atom is -0.469 e. The summed E-state index contributed by atoms with van der Waals surface area (Å²) in [5.74, 6) is 2.73. The molecule has 2 heterocycles. The third kappa shape index (κ3) is 2.08. The van der Waals surface area contributed by atoms with Gasteiger partial charge in [0.2, 0.25) is 5.89 Å². The standard InChI is InChI=1S/C14H18N2O2/c1-9-8-15-14(18-9)10(2)16-12-4-3-5-13-11(12)6-7-17-13/h6-8,10,12,16H,3-5H2,1-2H3. The SMILES string of the molecule is Cc1cnc(C(C)NC2CCCc3occc32)o1. The van der Waals surface area contributed by atoms with Crippen LogP contribution >= 0.6 is 0 Å². The molecule has 0 amide bonds. The first-order valence-corrected chi connectivity index (χ1v) is 6.48. The molecule has 0 aromatic carbocycles. The largest absolute Gasteiger partial charge is 0.469 e. The third-order valence-corrected chi connectivity index (χ3v) is 3.51. The maximum absolute atomic E-state index is 5.56. The van der Waals surface area contributed by atoms with E-state index in [0.717, 1.165) is 36.7 Å². The fraction of sp³-hybridized carbons (Fsp3) is 0.500. The number of nitrogens with one attached hydrogen (secondary N) is 1. The molecule has 2 unspecified atom stereocenters. The summed E-state index contributed by atoms with van der Waals surface area (Å²) in [6, 6.07) is 2.53. The number of hydrogen-bond donors (Lipinski definition) is 1. The Kier molecular flexibility index (Phi) is 2.96. The van der Waals surface area contributed by atoms with Gasteiger partial charge in [-0.2, -0.15) is 0 Å². The highest BCUT2D eigenvalue weighted by atomic mass is 16.4. The van der Waals surface area contributed by atoms with Crippen LogP contribution in [0.15, 0.2) is 27.4 Å². The average Bonchev–Trinajstić information content (AvgIpc) is 2.97. The zero-order valence-electron chi connectivity index (χ0n) is 10.8. The van der Waals surface area contributed by atoms with E-state index in [0.29, 0.717) is 6.04 Å². The number of aryl methyl sites for hydroxylation is 2. The van der Waals surface area contributed by atoms with Crippen LogP contribution in [0.5, 0.6) is 0 Å². The van der Waals surface area contributed by atoms with Crippen LogP contribution in [0.1, 0.15) is 54.8 Å². The highest BCUT2D eigenvalue weighted by molar-refractivity contribution is 5.24. The Morgan fingerprint density at radius 1 is 1.50 bits per heavy atom. The molecule has 0 bridgehead atoms. The van der Waals surface area contributed by atoms with Crippen molar-refractivity contribution in [3.05, 3.63) is 41.5 Å². The van der Waals surface area contributed by atoms with Crippen LogP contribution in [0.3, 0.4) is 0 Å². The molecule has 0 saturated carbocycles. The summed E-state index contributed by atoms with van der Waals surface area (Å²) in [7, 11) is 0. The van der Waals surface area contributed by atoms with E-state index in [4.69, 9.17) is 8.83 Å². The van der Waals surface area contributed by atoms with Gasteiger partial charge in [-0.1, -0.05) is 0 Å². The van der Waals surface area contributed by atoms with Gasteiger partial charge in [0.25, 0.3) is 0 Å². The Bertz CT molecular complexity index is 529. The van der Waals surface area contributed by atoms with E-state index in [1.807, 2.05) is 6.92 Å². The maximum Gasteiger partial charge on any atom is 0.211 e. The van der Waals surface area contributed by atoms with Crippen LogP contribution in [-0.2, 0) is 6.42 Å². The smallest absolute Gasteiger partial charge is 0.211 e. The van der Waals surface area contributed by atoms with Gasteiger partial charge in [-0.3, -0.25) is 5.32 Å². The lowest BCUT2D eigenvalue weighted by Crippen LogP contribution is -2.27. The van der Waals surface area contributed by atoms with Crippen LogP contribution in [0.2, 0.25) is 0 Å². The molecule has 0 aliphatic heterocycles. The van der Waals surface area contributed by atoms with Crippen molar-refractivity contribution in [2.24, 2.45) is 0 Å². The first-order valence-electron chi connectivity index (χ1n) is 6.48. The molecule has 2 aromatic heterocycles. The van der Waals surface area contributed by atoms with Crippen molar-refractivity contribution in [1.29, 1.82) is 0 Å². The van der Waals surface area contributed by atoms with E-state index in [9.17, 15) is 0 Å². The molecule has 0 spiro atoms. The Morgan fingerprint density at radius 2 is 2.39 bits per heavy atom. The van der Waals surface area contributed by atoms with Gasteiger partial charge in [0.1, 0.15) is 11.5 Å². The molecule has 18 heavy (non-hydrogen) atoms. The summed E-state index contributed by atoms with van der Waals surface area (Å²) in [5, 5.41) is 3.57. The van der Waals surface area contributed by atoms with Gasteiger partial charge in [0, 0.05) is 18.0 Å². The second kappa shape index (κ2) is 4.61. The summed E-state index contributed by atoms with van der Waals surface area (Å²) in [5.41, 5.74) is 1.29. The lowest BCUT2D eigenvalue weighted by atomic mass is 9.93. The van der Waals surface area contributed by atoms with Crippen LogP contribution in [0.25, 0.3) is 0 Å². The number of oxazole rings is 1. The minimum absolute atomic E-state index is 0.115. The topological polar surface area (TPSA) is 51.2 Å². The molecular formula is C14H18N2O2. The summed E-state index contributed by atoms with van der Waals surface area (Å²) >= 11 is 0. The monoisotopic (exact) mass is 246 g/mol. The van der Waals surface area contributed by atoms with Crippen LogP contribution in [0, 0.1) is 6.92 Å². The average molecular weight is 246 g/mol. The molecular weight excluding hydrogens is 228 g/mol. The highest BCUT2D eigenvalue weighted by Crippen LogP contribution is 2.32. The number of furan rings is 1. The molecule has 3 rings (SSSR count). The second-order valence-electron chi connectivity index (χ2n) is 4.94. The van der Waals surface area contributed by atoms with Gasteiger partial charge >= 0.3 is 0 Å². The fourth-order valence-electron chi connectivity index (χ4n) is 2.60. The van der Waals surface area contributed by atoms with Crippen molar-refractivity contribution in [3.63, 3.8) is 0 Å². The third-order valence-electron chi connectivity index (χ3n) is 3.51. The zero-order valence-corrected chi connectivity index (χ0v) is 10.8. The van der Waals surface area contributed by atoms with E-state index in [1.165, 1.54) is 5.56 Å². The molecule has 96 valence electrons. The van der Waals surface area contributed by atoms with Gasteiger partial charge in [-0.05, 0) is 32.8 Å². The van der Waals surface area contributed by atoms with Gasteiger partial charge in [0.05, 0.1) is 18.5 Å². The first kappa shape index (κ1) is 11.5. The number of aromatic nitrogens is 1. The molecule has 1 aliphatic carbocycles. The summed E-state index contributed by atoms with van der Waals surface area (Å²) in [6.45, 7) is 4.00. The van der Waals surface area contributed by atoms with Gasteiger partial charge in [0.15, 0.2) is 0 Å². The molecule has 4 heteroatoms. The number of rotatable bonds is 3. The summed E-state index contributed by atoms with van der Waals surface area (Å²) in [4.78, 5) is 4.27. The lowest BCUT2D eigenvalue weighted by Gasteiger charge is -2.25. The highest BCUT2D eigenvalue weighted by Gasteiger charge is 2.25. The number of hydrogen-bond acceptors (Lipinski definition) is 4. The fourth-order valence-corrected chi connectivity index (χ4v) is 2.60. The Labute approximate surface area is 106 Å². The predicted molar refractivity (Wildman–Crippen MR) is 67.2 cm³/mol. The quantitative estimate of drug-likeness (QED) is 0.902. The molecule has 0 saturated heterocycles. The molecule has 4 nitrogen and oxygen atoms in total. The van der Waals surface area contributed by atoms with E-state index < -0.39 is 0 Å². The Hall–Kier alpha value is -1.55. The normalized spacial score (nSPS) is 20.7. The number of fused-ring (bicyclic) bond motifs is 1. The minimum atomic E-state index is 0.115. The van der Waals surface area contributed by atoms with Crippen LogP contribution in [-0.4, -0.2) is 4.98 Å². The summed E-state index contributed by atoms with van der Waals surface area (Å²) < 4.78 is 11.1. The molecule has 0 radical (unpaired) electrons. The molecule has 1 N–H and O–H groups in total. The van der Waals surface area contributed by atoms with Gasteiger partial charge in [-0.25, -0.2) is 4.98 Å². The number of nitrogens with zero attached hydrogens (tertiary/aromatic N) is 1. The van der Waals surface area contributed by atoms with E-state index >= 15 is 0 Å². The molecule has 1 aliphatic rings. The van der Waals surface area contributed by atoms with Crippen molar-refractivity contribution in [3.8, 4) is 0 Å². The maximum atomic E-state index is 5.56. The second-order valence-corrected chi connectivity index (χ2v) is 4.94. The van der Waals surface area contributed by atoms with E-state index in [2.05, 4.69) is 23.3 Å². The van der Waals surface area contributed by atoms with E-state index in [-0.39, 0.29) is 6.04 Å². The van der Waals surface area contributed by atoms with Crippen molar-refractivity contribution in [1.82, 2.24) is 10.3 Å². The van der Waals surface area contributed by atoms with Gasteiger partial charge in [-0.15, -0.1) is 0 Å². The predicted octanol–water partition coefficient (Wildman–Crippen LogP) is 3.30. The van der Waals surface area contributed by atoms with Gasteiger partial charge < -0.3 is 8.83 Å². The summed E-state index contributed by atoms with van der Waals surface area (Å²) in [6.07, 6.45) is 6.89. The molecule has 0 fully saturated rings. The van der Waals surface area contributed by atoms with E-state index in [1.54, 1.807) is 12.5 Å². The molecule has 2 atom stereocenters. The van der Waals surface area contributed by atoms with Crippen LogP contribution < -0.4 is 5.32 Å². The Balaban J connectivity index is 1.74. The van der Waals surface area contributed by atoms with Crippen molar-refractivity contribution in [2.75, 3.05) is 0 Å². The first-order chi connectivity index (χ1) is 8.74. The lowest BCUT2D eigenvalue weighted by molar-refractivity contribution is 0.342. The van der Waals surface area contributed by atoms with Crippen molar-refractivity contribution in [2.45, 2.75) is 45.2 Å². The Morgan fingerprint density at radius 3 is 3.17 bits per heavy atom.